The maximum Gasteiger partial charge on any atom is 0.133 e. The summed E-state index contributed by atoms with van der Waals surface area (Å²) in [7, 11) is 0. The Labute approximate surface area is 159 Å². The summed E-state index contributed by atoms with van der Waals surface area (Å²) < 4.78 is 32.0. The molecule has 28 heavy (non-hydrogen) atoms. The van der Waals surface area contributed by atoms with Crippen molar-refractivity contribution >= 4 is 11.0 Å². The lowest BCUT2D eigenvalue weighted by Gasteiger charge is -2.09. The van der Waals surface area contributed by atoms with Crippen LogP contribution >= 0.6 is 0 Å². The molecule has 0 aliphatic carbocycles. The van der Waals surface area contributed by atoms with Gasteiger partial charge in [-0.3, -0.25) is 4.57 Å². The van der Waals surface area contributed by atoms with E-state index in [0.717, 1.165) is 22.4 Å². The molecule has 5 rings (SSSR count). The molecule has 6 heteroatoms. The van der Waals surface area contributed by atoms with Crippen LogP contribution in [0, 0.1) is 11.6 Å². The molecule has 3 aromatic carbocycles. The van der Waals surface area contributed by atoms with E-state index in [1.807, 2.05) is 41.1 Å². The minimum absolute atomic E-state index is 0.0326. The van der Waals surface area contributed by atoms with Gasteiger partial charge in [-0.2, -0.15) is 5.10 Å². The quantitative estimate of drug-likeness (QED) is 0.439. The SMILES string of the molecule is Fc1cccc(F)c1-c1cccc(-n2cnc3cc(-n4cccn4)ccc32)c1. The molecule has 0 aliphatic rings. The molecule has 0 saturated heterocycles. The van der Waals surface area contributed by atoms with E-state index in [-0.39, 0.29) is 5.56 Å². The second-order valence-electron chi connectivity index (χ2n) is 6.39. The number of rotatable bonds is 3. The molecule has 0 radical (unpaired) electrons. The van der Waals surface area contributed by atoms with Crippen LogP contribution in [0.4, 0.5) is 8.78 Å². The van der Waals surface area contributed by atoms with E-state index in [4.69, 9.17) is 0 Å². The Morgan fingerprint density at radius 1 is 0.786 bits per heavy atom. The summed E-state index contributed by atoms with van der Waals surface area (Å²) in [6, 6.07) is 18.7. The van der Waals surface area contributed by atoms with Gasteiger partial charge in [0.2, 0.25) is 0 Å². The molecule has 5 aromatic rings. The number of imidazole rings is 1. The Hall–Kier alpha value is -3.80. The van der Waals surface area contributed by atoms with Gasteiger partial charge in [0.1, 0.15) is 18.0 Å². The molecular weight excluding hydrogens is 358 g/mol. The predicted octanol–water partition coefficient (Wildman–Crippen LogP) is 5.16. The monoisotopic (exact) mass is 372 g/mol. The summed E-state index contributed by atoms with van der Waals surface area (Å²) >= 11 is 0. The third-order valence-electron chi connectivity index (χ3n) is 4.68. The van der Waals surface area contributed by atoms with Crippen molar-refractivity contribution in [3.8, 4) is 22.5 Å². The van der Waals surface area contributed by atoms with Crippen LogP contribution < -0.4 is 0 Å². The smallest absolute Gasteiger partial charge is 0.133 e. The number of halogens is 2. The standard InChI is InChI=1S/C22H14F2N4/c23-18-6-2-7-19(24)22(18)15-4-1-5-16(12-15)27-14-25-20-13-17(8-9-21(20)27)28-11-3-10-26-28/h1-14H. The second-order valence-corrected chi connectivity index (χ2v) is 6.39. The fourth-order valence-electron chi connectivity index (χ4n) is 3.36. The van der Waals surface area contributed by atoms with Gasteiger partial charge < -0.3 is 0 Å². The second kappa shape index (κ2) is 6.42. The first-order valence-corrected chi connectivity index (χ1v) is 8.73. The van der Waals surface area contributed by atoms with Crippen molar-refractivity contribution in [1.82, 2.24) is 19.3 Å². The van der Waals surface area contributed by atoms with Gasteiger partial charge in [0.15, 0.2) is 0 Å². The number of fused-ring (bicyclic) bond motifs is 1. The molecule has 0 unspecified atom stereocenters. The van der Waals surface area contributed by atoms with E-state index in [2.05, 4.69) is 10.1 Å². The van der Waals surface area contributed by atoms with Gasteiger partial charge in [-0.05, 0) is 54.1 Å². The van der Waals surface area contributed by atoms with Gasteiger partial charge in [0, 0.05) is 18.1 Å². The molecule has 136 valence electrons. The first-order valence-electron chi connectivity index (χ1n) is 8.73. The molecule has 0 spiro atoms. The summed E-state index contributed by atoms with van der Waals surface area (Å²) in [4.78, 5) is 4.48. The molecule has 2 aromatic heterocycles. The third-order valence-corrected chi connectivity index (χ3v) is 4.68. The zero-order chi connectivity index (χ0) is 19.1. The van der Waals surface area contributed by atoms with Crippen LogP contribution in [0.1, 0.15) is 0 Å². The van der Waals surface area contributed by atoms with E-state index < -0.39 is 11.6 Å². The zero-order valence-corrected chi connectivity index (χ0v) is 14.6. The lowest BCUT2D eigenvalue weighted by Crippen LogP contribution is -1.96. The van der Waals surface area contributed by atoms with Crippen molar-refractivity contribution in [3.63, 3.8) is 0 Å². The molecule has 0 saturated carbocycles. The Balaban J connectivity index is 1.61. The molecule has 0 aliphatic heterocycles. The molecule has 0 bridgehead atoms. The van der Waals surface area contributed by atoms with Crippen LogP contribution in [0.3, 0.4) is 0 Å². The fraction of sp³-hybridized carbons (Fsp3) is 0. The number of hydrogen-bond donors (Lipinski definition) is 0. The average molecular weight is 372 g/mol. The van der Waals surface area contributed by atoms with Crippen LogP contribution in [0.25, 0.3) is 33.5 Å². The Kier molecular flexibility index (Phi) is 3.76. The van der Waals surface area contributed by atoms with Crippen molar-refractivity contribution in [2.24, 2.45) is 0 Å². The number of hydrogen-bond acceptors (Lipinski definition) is 2. The third kappa shape index (κ3) is 2.66. The minimum atomic E-state index is -0.587. The van der Waals surface area contributed by atoms with Crippen molar-refractivity contribution in [2.45, 2.75) is 0 Å². The maximum atomic E-state index is 14.2. The van der Waals surface area contributed by atoms with Crippen molar-refractivity contribution in [1.29, 1.82) is 0 Å². The van der Waals surface area contributed by atoms with Crippen LogP contribution in [-0.2, 0) is 0 Å². The maximum absolute atomic E-state index is 14.2. The average Bonchev–Trinajstić information content (AvgIpc) is 3.38. The largest absolute Gasteiger partial charge is 0.299 e. The van der Waals surface area contributed by atoms with Crippen LogP contribution in [0.2, 0.25) is 0 Å². The Morgan fingerprint density at radius 2 is 1.61 bits per heavy atom. The van der Waals surface area contributed by atoms with Crippen molar-refractivity contribution in [3.05, 3.63) is 97.1 Å². The van der Waals surface area contributed by atoms with Crippen LogP contribution in [0.5, 0.6) is 0 Å². The topological polar surface area (TPSA) is 35.6 Å². The normalized spacial score (nSPS) is 11.2. The van der Waals surface area contributed by atoms with Gasteiger partial charge in [0.05, 0.1) is 22.3 Å². The van der Waals surface area contributed by atoms with Gasteiger partial charge in [-0.1, -0.05) is 18.2 Å². The van der Waals surface area contributed by atoms with E-state index in [0.29, 0.717) is 5.56 Å². The Bertz CT molecular complexity index is 1270. The van der Waals surface area contributed by atoms with Gasteiger partial charge >= 0.3 is 0 Å². The van der Waals surface area contributed by atoms with Crippen molar-refractivity contribution < 1.29 is 8.78 Å². The number of nitrogens with zero attached hydrogens (tertiary/aromatic N) is 4. The lowest BCUT2D eigenvalue weighted by molar-refractivity contribution is 0.589. The number of aromatic nitrogens is 4. The van der Waals surface area contributed by atoms with E-state index in [1.165, 1.54) is 18.2 Å². The van der Waals surface area contributed by atoms with E-state index in [9.17, 15) is 8.78 Å². The molecule has 4 nitrogen and oxygen atoms in total. The lowest BCUT2D eigenvalue weighted by atomic mass is 10.0. The highest BCUT2D eigenvalue weighted by Gasteiger charge is 2.13. The van der Waals surface area contributed by atoms with Gasteiger partial charge in [-0.25, -0.2) is 18.4 Å². The van der Waals surface area contributed by atoms with Gasteiger partial charge in [-0.15, -0.1) is 0 Å². The molecular formula is C22H14F2N4. The number of benzene rings is 3. The molecule has 2 heterocycles. The van der Waals surface area contributed by atoms with Crippen LogP contribution in [0.15, 0.2) is 85.5 Å². The summed E-state index contributed by atoms with van der Waals surface area (Å²) in [5.41, 5.74) is 3.81. The highest BCUT2D eigenvalue weighted by atomic mass is 19.1. The first-order chi connectivity index (χ1) is 13.7. The summed E-state index contributed by atoms with van der Waals surface area (Å²) in [6.45, 7) is 0. The summed E-state index contributed by atoms with van der Waals surface area (Å²) in [5.74, 6) is -1.17. The van der Waals surface area contributed by atoms with E-state index in [1.54, 1.807) is 35.4 Å². The molecule has 0 amide bonds. The summed E-state index contributed by atoms with van der Waals surface area (Å²) in [5, 5.41) is 4.23. The highest BCUT2D eigenvalue weighted by molar-refractivity contribution is 5.80. The van der Waals surface area contributed by atoms with Crippen molar-refractivity contribution in [2.75, 3.05) is 0 Å². The van der Waals surface area contributed by atoms with E-state index >= 15 is 0 Å². The minimum Gasteiger partial charge on any atom is -0.299 e. The molecule has 0 N–H and O–H groups in total. The molecule has 0 atom stereocenters. The fourth-order valence-corrected chi connectivity index (χ4v) is 3.36. The molecule has 0 fully saturated rings. The Morgan fingerprint density at radius 3 is 2.39 bits per heavy atom. The van der Waals surface area contributed by atoms with Crippen LogP contribution in [-0.4, -0.2) is 19.3 Å². The highest BCUT2D eigenvalue weighted by Crippen LogP contribution is 2.29. The van der Waals surface area contributed by atoms with Gasteiger partial charge in [0.25, 0.3) is 0 Å². The first kappa shape index (κ1) is 16.4. The zero-order valence-electron chi connectivity index (χ0n) is 14.6. The predicted molar refractivity (Wildman–Crippen MR) is 104 cm³/mol. The summed E-state index contributed by atoms with van der Waals surface area (Å²) in [6.07, 6.45) is 5.29.